The van der Waals surface area contributed by atoms with Crippen molar-refractivity contribution in [3.63, 3.8) is 0 Å². The number of benzene rings is 2. The molecule has 1 atom stereocenters. The van der Waals surface area contributed by atoms with Crippen LogP contribution in [-0.2, 0) is 25.6 Å². The number of ether oxygens (including phenoxy) is 3. The highest BCUT2D eigenvalue weighted by Crippen LogP contribution is 2.35. The summed E-state index contributed by atoms with van der Waals surface area (Å²) in [6.07, 6.45) is 0.155. The Kier molecular flexibility index (Phi) is 8.52. The molecular formula is C29H30FN5O6S. The summed E-state index contributed by atoms with van der Waals surface area (Å²) in [4.78, 5) is 41.5. The predicted molar refractivity (Wildman–Crippen MR) is 153 cm³/mol. The molecule has 1 spiro atoms. The van der Waals surface area contributed by atoms with Crippen molar-refractivity contribution in [1.29, 1.82) is 5.41 Å². The molecule has 220 valence electrons. The van der Waals surface area contributed by atoms with E-state index in [2.05, 4.69) is 10.6 Å². The van der Waals surface area contributed by atoms with Gasteiger partial charge in [0.1, 0.15) is 23.4 Å². The number of amidine groups is 1. The SMILES string of the molecule is COc1cccc(F)c1-c1ccc(C(=O)NCC(=O)N2CC3(C[C@H]2C(=O)NCc2cc(C(=N)N)cs2)OCCO3)cc1. The van der Waals surface area contributed by atoms with E-state index in [1.165, 1.54) is 41.5 Å². The highest BCUT2D eigenvalue weighted by atomic mass is 32.1. The average Bonchev–Trinajstić information content (AvgIpc) is 3.75. The fraction of sp³-hybridized carbons (Fsp3) is 0.310. The third kappa shape index (κ3) is 6.12. The highest BCUT2D eigenvalue weighted by molar-refractivity contribution is 7.10. The molecule has 0 bridgehead atoms. The number of hydrogen-bond donors (Lipinski definition) is 4. The van der Waals surface area contributed by atoms with E-state index in [-0.39, 0.29) is 48.9 Å². The first kappa shape index (κ1) is 29.2. The van der Waals surface area contributed by atoms with Crippen molar-refractivity contribution in [2.45, 2.75) is 24.8 Å². The number of amides is 3. The first-order chi connectivity index (χ1) is 20.2. The number of nitrogens with zero attached hydrogens (tertiary/aromatic N) is 1. The summed E-state index contributed by atoms with van der Waals surface area (Å²) in [5.74, 6) is -2.58. The minimum Gasteiger partial charge on any atom is -0.496 e. The molecule has 2 aliphatic rings. The number of likely N-dealkylation sites (tertiary alicyclic amines) is 1. The van der Waals surface area contributed by atoms with Crippen LogP contribution in [0.25, 0.3) is 11.1 Å². The fourth-order valence-electron chi connectivity index (χ4n) is 5.05. The van der Waals surface area contributed by atoms with Crippen LogP contribution in [-0.4, -0.2) is 73.7 Å². The van der Waals surface area contributed by atoms with Crippen molar-refractivity contribution < 1.29 is 33.0 Å². The van der Waals surface area contributed by atoms with Gasteiger partial charge in [0.25, 0.3) is 5.91 Å². The van der Waals surface area contributed by atoms with E-state index in [1.54, 1.807) is 35.7 Å². The Bertz CT molecular complexity index is 1500. The van der Waals surface area contributed by atoms with Gasteiger partial charge in [-0.3, -0.25) is 19.8 Å². The number of carbonyl (C=O) groups excluding carboxylic acids is 3. The first-order valence-electron chi connectivity index (χ1n) is 13.2. The summed E-state index contributed by atoms with van der Waals surface area (Å²) in [6.45, 7) is 0.603. The van der Waals surface area contributed by atoms with Crippen LogP contribution in [0.15, 0.2) is 53.9 Å². The number of thiophene rings is 1. The zero-order valence-electron chi connectivity index (χ0n) is 22.8. The van der Waals surface area contributed by atoms with E-state index in [9.17, 15) is 18.8 Å². The largest absolute Gasteiger partial charge is 0.496 e. The molecule has 42 heavy (non-hydrogen) atoms. The predicted octanol–water partition coefficient (Wildman–Crippen LogP) is 2.24. The summed E-state index contributed by atoms with van der Waals surface area (Å²) >= 11 is 1.36. The van der Waals surface area contributed by atoms with Crippen molar-refractivity contribution in [1.82, 2.24) is 15.5 Å². The lowest BCUT2D eigenvalue weighted by atomic mass is 10.0. The molecule has 2 saturated heterocycles. The van der Waals surface area contributed by atoms with Crippen molar-refractivity contribution in [2.24, 2.45) is 5.73 Å². The Morgan fingerprint density at radius 1 is 1.14 bits per heavy atom. The topological polar surface area (TPSA) is 156 Å². The van der Waals surface area contributed by atoms with E-state index in [0.717, 1.165) is 4.88 Å². The van der Waals surface area contributed by atoms with Crippen molar-refractivity contribution in [3.05, 3.63) is 75.7 Å². The minimum absolute atomic E-state index is 0.0481. The summed E-state index contributed by atoms with van der Waals surface area (Å²) in [5, 5.41) is 14.7. The molecule has 3 heterocycles. The first-order valence-corrected chi connectivity index (χ1v) is 14.1. The van der Waals surface area contributed by atoms with Gasteiger partial charge in [-0.05, 0) is 35.9 Å². The van der Waals surface area contributed by atoms with Gasteiger partial charge in [-0.15, -0.1) is 11.3 Å². The average molecular weight is 596 g/mol. The summed E-state index contributed by atoms with van der Waals surface area (Å²) < 4.78 is 31.2. The van der Waals surface area contributed by atoms with Gasteiger partial charge in [0.05, 0.1) is 45.5 Å². The van der Waals surface area contributed by atoms with Gasteiger partial charge in [-0.2, -0.15) is 0 Å². The molecule has 3 amide bonds. The molecule has 11 nitrogen and oxygen atoms in total. The van der Waals surface area contributed by atoms with E-state index < -0.39 is 29.5 Å². The number of carbonyl (C=O) groups is 3. The molecule has 2 aromatic carbocycles. The second-order valence-electron chi connectivity index (χ2n) is 9.86. The maximum absolute atomic E-state index is 14.4. The standard InChI is InChI=1S/C29H30FN5O6S/c1-39-23-4-2-3-21(30)25(23)17-5-7-18(8-6-17)27(37)34-14-24(36)35-16-29(40-9-10-41-29)12-22(35)28(38)33-13-20-11-19(15-42-20)26(31)32/h2-8,11,15,22H,9-10,12-14,16H2,1H3,(H3,31,32)(H,33,38)(H,34,37)/t22-/m0/s1. The number of nitrogen functional groups attached to an aromatic ring is 1. The number of nitrogens with two attached hydrogens (primary N) is 1. The Morgan fingerprint density at radius 2 is 1.88 bits per heavy atom. The van der Waals surface area contributed by atoms with Crippen LogP contribution in [0, 0.1) is 11.2 Å². The molecule has 13 heteroatoms. The van der Waals surface area contributed by atoms with Gasteiger partial charge in [0.2, 0.25) is 11.8 Å². The normalized spacial score (nSPS) is 17.3. The second kappa shape index (κ2) is 12.3. The van der Waals surface area contributed by atoms with E-state index in [4.69, 9.17) is 25.4 Å². The lowest BCUT2D eigenvalue weighted by molar-refractivity contribution is -0.152. The van der Waals surface area contributed by atoms with Crippen LogP contribution in [0.3, 0.4) is 0 Å². The zero-order chi connectivity index (χ0) is 29.9. The molecule has 0 saturated carbocycles. The van der Waals surface area contributed by atoms with Gasteiger partial charge in [0, 0.05) is 27.8 Å². The Morgan fingerprint density at radius 3 is 2.55 bits per heavy atom. The van der Waals surface area contributed by atoms with Crippen molar-refractivity contribution in [3.8, 4) is 16.9 Å². The summed E-state index contributed by atoms with van der Waals surface area (Å²) in [6, 6.07) is 11.7. The maximum Gasteiger partial charge on any atom is 0.251 e. The Hall–Kier alpha value is -4.33. The number of methoxy groups -OCH3 is 1. The molecule has 3 aromatic rings. The molecule has 0 radical (unpaired) electrons. The number of rotatable bonds is 9. The maximum atomic E-state index is 14.4. The summed E-state index contributed by atoms with van der Waals surface area (Å²) in [5.41, 5.74) is 7.18. The van der Waals surface area contributed by atoms with Crippen LogP contribution in [0.5, 0.6) is 5.75 Å². The Labute approximate surface area is 245 Å². The molecular weight excluding hydrogens is 565 g/mol. The van der Waals surface area contributed by atoms with Gasteiger partial charge in [-0.1, -0.05) is 18.2 Å². The fourth-order valence-corrected chi connectivity index (χ4v) is 5.87. The van der Waals surface area contributed by atoms with Crippen LogP contribution in [0.1, 0.15) is 27.2 Å². The molecule has 2 aliphatic heterocycles. The molecule has 0 unspecified atom stereocenters. The molecule has 5 N–H and O–H groups in total. The van der Waals surface area contributed by atoms with Crippen LogP contribution >= 0.6 is 11.3 Å². The van der Waals surface area contributed by atoms with Crippen LogP contribution in [0.2, 0.25) is 0 Å². The van der Waals surface area contributed by atoms with Crippen molar-refractivity contribution in [2.75, 3.05) is 33.4 Å². The van der Waals surface area contributed by atoms with Gasteiger partial charge >= 0.3 is 0 Å². The quantitative estimate of drug-likeness (QED) is 0.218. The third-order valence-corrected chi connectivity index (χ3v) is 8.10. The molecule has 2 fully saturated rings. The summed E-state index contributed by atoms with van der Waals surface area (Å²) in [7, 11) is 1.45. The number of halogens is 1. The number of hydrogen-bond acceptors (Lipinski definition) is 8. The van der Waals surface area contributed by atoms with Crippen LogP contribution in [0.4, 0.5) is 4.39 Å². The van der Waals surface area contributed by atoms with E-state index in [0.29, 0.717) is 30.1 Å². The van der Waals surface area contributed by atoms with Crippen LogP contribution < -0.4 is 21.1 Å². The molecule has 1 aromatic heterocycles. The monoisotopic (exact) mass is 595 g/mol. The lowest BCUT2D eigenvalue weighted by Crippen LogP contribution is -2.49. The van der Waals surface area contributed by atoms with Gasteiger partial charge < -0.3 is 35.5 Å². The Balaban J connectivity index is 1.22. The van der Waals surface area contributed by atoms with Gasteiger partial charge in [-0.25, -0.2) is 4.39 Å². The van der Waals surface area contributed by atoms with Gasteiger partial charge in [0.15, 0.2) is 5.79 Å². The lowest BCUT2D eigenvalue weighted by Gasteiger charge is -2.24. The second-order valence-corrected chi connectivity index (χ2v) is 10.9. The molecule has 0 aliphatic carbocycles. The smallest absolute Gasteiger partial charge is 0.251 e. The molecule has 5 rings (SSSR count). The highest BCUT2D eigenvalue weighted by Gasteiger charge is 2.52. The minimum atomic E-state index is -1.07. The van der Waals surface area contributed by atoms with Crippen molar-refractivity contribution >= 4 is 34.9 Å². The third-order valence-electron chi connectivity index (χ3n) is 7.16. The zero-order valence-corrected chi connectivity index (χ0v) is 23.6. The van der Waals surface area contributed by atoms with E-state index >= 15 is 0 Å². The van der Waals surface area contributed by atoms with E-state index in [1.807, 2.05) is 0 Å². The number of nitrogens with one attached hydrogen (secondary N) is 3.